The number of aliphatic hydroxyl groups is 2. The van der Waals surface area contributed by atoms with Crippen molar-refractivity contribution in [2.24, 2.45) is 33.5 Å². The van der Waals surface area contributed by atoms with E-state index in [0.29, 0.717) is 11.8 Å². The van der Waals surface area contributed by atoms with E-state index in [4.69, 9.17) is 9.97 Å². The first-order valence-electron chi connectivity index (χ1n) is 29.0. The van der Waals surface area contributed by atoms with Gasteiger partial charge in [0, 0.05) is 84.8 Å². The van der Waals surface area contributed by atoms with Crippen molar-refractivity contribution in [3.8, 4) is 44.8 Å². The molecule has 0 atom stereocenters. The first-order chi connectivity index (χ1) is 38.1. The van der Waals surface area contributed by atoms with Crippen molar-refractivity contribution in [1.29, 1.82) is 0 Å². The fourth-order valence-electron chi connectivity index (χ4n) is 8.89. The summed E-state index contributed by atoms with van der Waals surface area (Å²) >= 11 is 0. The molecule has 0 saturated carbocycles. The summed E-state index contributed by atoms with van der Waals surface area (Å²) in [6, 6.07) is 54.6. The number of hydrogen-bond acceptors (Lipinski definition) is 6. The number of aliphatic hydroxyl groups excluding tert-OH is 2. The van der Waals surface area contributed by atoms with Crippen molar-refractivity contribution in [3.05, 3.63) is 203 Å². The number of pyridine rings is 2. The Morgan fingerprint density at radius 3 is 1.04 bits per heavy atom. The van der Waals surface area contributed by atoms with Crippen LogP contribution in [0.5, 0.6) is 0 Å². The van der Waals surface area contributed by atoms with Crippen LogP contribution < -0.4 is 0 Å². The van der Waals surface area contributed by atoms with Gasteiger partial charge in [-0.25, -0.2) is 0 Å². The van der Waals surface area contributed by atoms with E-state index in [1.165, 1.54) is 67.4 Å². The number of aromatic nitrogens is 2. The number of aryl methyl sites for hydroxylation is 4. The second kappa shape index (κ2) is 30.8. The third-order valence-electron chi connectivity index (χ3n) is 13.7. The Morgan fingerprint density at radius 2 is 0.762 bits per heavy atom. The average Bonchev–Trinajstić information content (AvgIpc) is 3.07. The van der Waals surface area contributed by atoms with Crippen LogP contribution >= 0.6 is 0 Å². The van der Waals surface area contributed by atoms with E-state index in [0.717, 1.165) is 57.5 Å². The van der Waals surface area contributed by atoms with Gasteiger partial charge >= 0.3 is 0 Å². The molecule has 8 rings (SSSR count). The zero-order valence-electron chi connectivity index (χ0n) is 53.7. The Balaban J connectivity index is 0.000000311. The minimum Gasteiger partial charge on any atom is -0.512 e. The Labute approximate surface area is 531 Å². The number of hydrogen-bond donors (Lipinski definition) is 2. The molecule has 0 aliphatic carbocycles. The maximum Gasteiger partial charge on any atom is 0.164 e. The van der Waals surface area contributed by atoms with Crippen molar-refractivity contribution >= 4 is 33.4 Å². The second-order valence-corrected chi connectivity index (χ2v) is 27.0. The number of ketones is 2. The maximum atomic E-state index is 11.5. The van der Waals surface area contributed by atoms with Gasteiger partial charge in [-0.05, 0) is 93.7 Å². The Morgan fingerprint density at radius 1 is 0.440 bits per heavy atom. The Hall–Kier alpha value is -6.14. The normalized spacial score (nSPS) is 12.0. The van der Waals surface area contributed by atoms with Gasteiger partial charge in [-0.3, -0.25) is 19.6 Å². The monoisotopic (exact) mass is 1480 g/mol. The largest absolute Gasteiger partial charge is 0.512 e. The van der Waals surface area contributed by atoms with Crippen LogP contribution in [0.15, 0.2) is 157 Å². The molecule has 0 fully saturated rings. The SMILES string of the molecule is CC(C)(C)C(=O)C=C(O)C(C)(C)C.CC(C)(C)C(=O)C=C(O)C(C)(C)C.Cc1[c-]c(-c2cc(CC(C)C)c3cc(-c4ccccc4)ccc3n2)cc(C)c1.Cc1[c-]c(-c2cc(CC(C)C)c3cc(-c4ccccc4)ccc3n2)cc(C)c1.[Ir].[Ir]. The van der Waals surface area contributed by atoms with E-state index in [1.807, 2.05) is 83.1 Å². The van der Waals surface area contributed by atoms with E-state index in [1.54, 1.807) is 0 Å². The van der Waals surface area contributed by atoms with Crippen LogP contribution in [0.3, 0.4) is 0 Å². The molecule has 2 N–H and O–H groups in total. The van der Waals surface area contributed by atoms with Gasteiger partial charge in [0.25, 0.3) is 0 Å². The Bertz CT molecular complexity index is 3270. The summed E-state index contributed by atoms with van der Waals surface area (Å²) < 4.78 is 0. The summed E-state index contributed by atoms with van der Waals surface area (Å²) in [7, 11) is 0. The van der Waals surface area contributed by atoms with Crippen LogP contribution in [0.4, 0.5) is 0 Å². The average molecular weight is 1480 g/mol. The first-order valence-corrected chi connectivity index (χ1v) is 29.0. The van der Waals surface area contributed by atoms with Gasteiger partial charge in [0.2, 0.25) is 0 Å². The van der Waals surface area contributed by atoms with E-state index < -0.39 is 10.8 Å². The van der Waals surface area contributed by atoms with Gasteiger partial charge in [0.05, 0.1) is 11.0 Å². The van der Waals surface area contributed by atoms with E-state index >= 15 is 0 Å². The molecule has 6 aromatic carbocycles. The zero-order chi connectivity index (χ0) is 61.1. The molecule has 2 aromatic heterocycles. The zero-order valence-corrected chi connectivity index (χ0v) is 58.5. The molecule has 8 heteroatoms. The van der Waals surface area contributed by atoms with Crippen LogP contribution in [0.25, 0.3) is 66.6 Å². The number of benzene rings is 6. The third-order valence-corrected chi connectivity index (χ3v) is 13.7. The smallest absolute Gasteiger partial charge is 0.164 e. The van der Waals surface area contributed by atoms with Crippen LogP contribution in [0.1, 0.15) is 144 Å². The molecule has 0 saturated heterocycles. The molecule has 8 aromatic rings. The van der Waals surface area contributed by atoms with Gasteiger partial charge in [0.15, 0.2) is 11.6 Å². The maximum absolute atomic E-state index is 11.5. The predicted octanol–water partition coefficient (Wildman–Crippen LogP) is 20.5. The molecular weight excluding hydrogens is 1390 g/mol. The molecule has 0 aliphatic heterocycles. The van der Waals surface area contributed by atoms with Gasteiger partial charge in [-0.2, -0.15) is 0 Å². The number of carbonyl (C=O) groups excluding carboxylic acids is 2. The van der Waals surface area contributed by atoms with Crippen LogP contribution in [-0.4, -0.2) is 31.7 Å². The first kappa shape index (κ1) is 72.1. The number of fused-ring (bicyclic) bond motifs is 2. The van der Waals surface area contributed by atoms with Crippen LogP contribution in [-0.2, 0) is 62.6 Å². The number of carbonyl (C=O) groups is 2. The number of rotatable bonds is 10. The molecule has 84 heavy (non-hydrogen) atoms. The molecule has 6 nitrogen and oxygen atoms in total. The summed E-state index contributed by atoms with van der Waals surface area (Å²) in [6.45, 7) is 39.8. The fraction of sp³-hybridized carbons (Fsp3) is 0.368. The standard InChI is InChI=1S/2C27H26N.2C11H20O2.2Ir/c2*1-18(2)12-23-17-27(24-14-19(3)13-20(4)15-24)28-26-11-10-22(16-25(23)26)21-8-6-5-7-9-21;2*1-10(2,3)8(12)7-9(13)11(4,5)6;;/h2*5-11,13-14,16-18H,12H2,1-4H3;2*7,12H,1-6H3;;/q2*-1;;;;. The van der Waals surface area contributed by atoms with E-state index in [9.17, 15) is 19.8 Å². The second-order valence-electron chi connectivity index (χ2n) is 27.0. The van der Waals surface area contributed by atoms with Crippen LogP contribution in [0.2, 0.25) is 0 Å². The topological polar surface area (TPSA) is 100 Å². The molecule has 0 aliphatic rings. The fourth-order valence-corrected chi connectivity index (χ4v) is 8.89. The summed E-state index contributed by atoms with van der Waals surface area (Å²) in [4.78, 5) is 33.0. The summed E-state index contributed by atoms with van der Waals surface area (Å²) in [6.07, 6.45) is 4.74. The Kier molecular flexibility index (Phi) is 26.4. The predicted molar refractivity (Wildman–Crippen MR) is 348 cm³/mol. The molecule has 2 heterocycles. The summed E-state index contributed by atoms with van der Waals surface area (Å²) in [5, 5.41) is 21.6. The molecular formula is C76H92Ir2N2O4-2. The van der Waals surface area contributed by atoms with Gasteiger partial charge < -0.3 is 10.2 Å². The van der Waals surface area contributed by atoms with Gasteiger partial charge in [-0.15, -0.1) is 69.8 Å². The van der Waals surface area contributed by atoms with Crippen molar-refractivity contribution in [1.82, 2.24) is 9.97 Å². The molecule has 2 radical (unpaired) electrons. The van der Waals surface area contributed by atoms with E-state index in [2.05, 4.69) is 201 Å². The van der Waals surface area contributed by atoms with Gasteiger partial charge in [0.1, 0.15) is 11.5 Å². The van der Waals surface area contributed by atoms with E-state index in [-0.39, 0.29) is 74.1 Å². The summed E-state index contributed by atoms with van der Waals surface area (Å²) in [5.41, 5.74) is 17.3. The van der Waals surface area contributed by atoms with Crippen molar-refractivity contribution in [3.63, 3.8) is 0 Å². The molecule has 450 valence electrons. The molecule has 0 unspecified atom stereocenters. The van der Waals surface area contributed by atoms with Crippen molar-refractivity contribution in [2.75, 3.05) is 0 Å². The molecule has 0 bridgehead atoms. The number of allylic oxidation sites excluding steroid dienone is 4. The quantitative estimate of drug-likeness (QED) is 0.0804. The molecule has 0 amide bonds. The third kappa shape index (κ3) is 21.7. The number of nitrogens with zero attached hydrogens (tertiary/aromatic N) is 2. The van der Waals surface area contributed by atoms with Crippen molar-refractivity contribution in [2.45, 2.75) is 151 Å². The minimum atomic E-state index is -0.417. The molecule has 0 spiro atoms. The van der Waals surface area contributed by atoms with Crippen LogP contribution in [0, 0.1) is 73.3 Å². The summed E-state index contributed by atoms with van der Waals surface area (Å²) in [5.74, 6) is 1.38. The van der Waals surface area contributed by atoms with Gasteiger partial charge in [-0.1, -0.05) is 223 Å². The minimum absolute atomic E-state index is 0. The van der Waals surface area contributed by atoms with Crippen molar-refractivity contribution < 1.29 is 60.0 Å².